The highest BCUT2D eigenvalue weighted by Gasteiger charge is 2.51. The lowest BCUT2D eigenvalue weighted by molar-refractivity contribution is 0.102. The fourth-order valence-corrected chi connectivity index (χ4v) is 3.96. The number of nitrogens with two attached hydrogens (primary N) is 1. The molecule has 32 heavy (non-hydrogen) atoms. The van der Waals surface area contributed by atoms with Gasteiger partial charge in [-0.2, -0.15) is 0 Å². The summed E-state index contributed by atoms with van der Waals surface area (Å²) in [5.41, 5.74) is 3.66. The first-order chi connectivity index (χ1) is 14.9. The summed E-state index contributed by atoms with van der Waals surface area (Å²) < 4.78 is 47.7. The molecule has 1 spiro atoms. The third-order valence-corrected chi connectivity index (χ3v) is 5.64. The average Bonchev–Trinajstić information content (AvgIpc) is 2.71. The number of hydrogen-bond acceptors (Lipinski definition) is 6. The smallest absolute Gasteiger partial charge is 0.275 e. The molecule has 2 aliphatic rings. The van der Waals surface area contributed by atoms with Crippen molar-refractivity contribution in [2.45, 2.75) is 35.8 Å². The Morgan fingerprint density at radius 2 is 2.00 bits per heavy atom. The van der Waals surface area contributed by atoms with Gasteiger partial charge in [0.15, 0.2) is 5.67 Å². The maximum atomic E-state index is 14.6. The first-order valence-corrected chi connectivity index (χ1v) is 10.2. The molecule has 0 radical (unpaired) electrons. The number of alkyl halides is 2. The van der Waals surface area contributed by atoms with Crippen molar-refractivity contribution in [2.24, 2.45) is 10.7 Å². The summed E-state index contributed by atoms with van der Waals surface area (Å²) in [6.45, 7) is -1.25. The van der Waals surface area contributed by atoms with Gasteiger partial charge >= 0.3 is 0 Å². The molecule has 7 nitrogen and oxygen atoms in total. The van der Waals surface area contributed by atoms with Gasteiger partial charge in [0.2, 0.25) is 5.88 Å². The van der Waals surface area contributed by atoms with E-state index in [2.05, 4.69) is 20.3 Å². The molecular formula is C19H21B3F3N5O2. The molecule has 4 rings (SSSR count). The predicted octanol–water partition coefficient (Wildman–Crippen LogP) is -0.662. The summed E-state index contributed by atoms with van der Waals surface area (Å²) in [7, 11) is 5.57. The van der Waals surface area contributed by atoms with Crippen LogP contribution in [0.3, 0.4) is 0 Å². The normalized spacial score (nSPS) is 24.3. The van der Waals surface area contributed by atoms with E-state index in [9.17, 15) is 18.0 Å². The zero-order valence-electron chi connectivity index (χ0n) is 18.0. The molecule has 2 atom stereocenters. The number of carbonyl (C=O) groups excluding carboxylic acids is 1. The van der Waals surface area contributed by atoms with Gasteiger partial charge in [-0.15, -0.1) is 0 Å². The van der Waals surface area contributed by atoms with Crippen molar-refractivity contribution >= 4 is 41.0 Å². The molecule has 0 fully saturated rings. The Labute approximate surface area is 185 Å². The number of fused-ring (bicyclic) bond motifs is 2. The van der Waals surface area contributed by atoms with Gasteiger partial charge in [0.25, 0.3) is 5.91 Å². The molecular weight excluding hydrogens is 420 g/mol. The fraction of sp³-hybridized carbons (Fsp3) is 0.368. The Kier molecular flexibility index (Phi) is 5.25. The molecule has 0 unspecified atom stereocenters. The van der Waals surface area contributed by atoms with Crippen LogP contribution < -0.4 is 15.8 Å². The number of rotatable bonds is 5. The molecule has 0 saturated heterocycles. The number of anilines is 1. The number of nitrogens with zero attached hydrogens (tertiary/aromatic N) is 3. The van der Waals surface area contributed by atoms with Gasteiger partial charge in [0.1, 0.15) is 47.6 Å². The molecule has 0 bridgehead atoms. The van der Waals surface area contributed by atoms with Crippen LogP contribution >= 0.6 is 0 Å². The van der Waals surface area contributed by atoms with Crippen LogP contribution in [0.2, 0.25) is 0 Å². The summed E-state index contributed by atoms with van der Waals surface area (Å²) in [6.07, 6.45) is 2.89. The van der Waals surface area contributed by atoms with Crippen LogP contribution in [0.25, 0.3) is 0 Å². The minimum absolute atomic E-state index is 0.0224. The first kappa shape index (κ1) is 22.2. The number of halogens is 3. The molecule has 1 aliphatic heterocycles. The van der Waals surface area contributed by atoms with E-state index < -0.39 is 40.7 Å². The number of nitrogens with one attached hydrogen (secondary N) is 1. The molecule has 1 aromatic heterocycles. The van der Waals surface area contributed by atoms with Gasteiger partial charge < -0.3 is 15.8 Å². The highest BCUT2D eigenvalue weighted by Crippen LogP contribution is 2.51. The van der Waals surface area contributed by atoms with E-state index in [1.165, 1.54) is 18.5 Å². The molecule has 13 heteroatoms. The van der Waals surface area contributed by atoms with E-state index in [1.54, 1.807) is 6.07 Å². The van der Waals surface area contributed by atoms with Crippen molar-refractivity contribution in [1.29, 1.82) is 0 Å². The Hall–Kier alpha value is -2.98. The minimum Gasteiger partial charge on any atom is -0.498 e. The van der Waals surface area contributed by atoms with Crippen LogP contribution in [0.5, 0.6) is 5.88 Å². The molecule has 1 aromatic carbocycles. The molecule has 2 heterocycles. The van der Waals surface area contributed by atoms with Crippen LogP contribution in [-0.2, 0) is 12.0 Å². The number of aliphatic imine (C=N–C) groups is 1. The van der Waals surface area contributed by atoms with Crippen molar-refractivity contribution in [3.05, 3.63) is 47.2 Å². The van der Waals surface area contributed by atoms with Crippen LogP contribution in [0.15, 0.2) is 29.5 Å². The SMILES string of the molecule is BC(B)(B)Oc1cnc(C(=O)Nc2cc(F)c3c(c2)[C@@]2(CC[C@](F)(CF)C(N)=N2)C3)cn1. The maximum Gasteiger partial charge on any atom is 0.275 e. The molecule has 3 N–H and O–H groups in total. The van der Waals surface area contributed by atoms with Crippen molar-refractivity contribution in [2.75, 3.05) is 12.0 Å². The van der Waals surface area contributed by atoms with E-state index in [0.29, 0.717) is 11.1 Å². The van der Waals surface area contributed by atoms with Crippen LogP contribution in [0, 0.1) is 5.82 Å². The highest BCUT2D eigenvalue weighted by molar-refractivity contribution is 6.58. The monoisotopic (exact) mass is 441 g/mol. The number of aromatic nitrogens is 2. The van der Waals surface area contributed by atoms with Gasteiger partial charge in [-0.25, -0.2) is 23.1 Å². The van der Waals surface area contributed by atoms with Gasteiger partial charge in [0.05, 0.1) is 17.9 Å². The quantitative estimate of drug-likeness (QED) is 0.601. The van der Waals surface area contributed by atoms with Crippen LogP contribution in [-0.4, -0.2) is 62.9 Å². The van der Waals surface area contributed by atoms with Crippen molar-refractivity contribution < 1.29 is 22.7 Å². The Balaban J connectivity index is 1.55. The second kappa shape index (κ2) is 7.56. The zero-order valence-corrected chi connectivity index (χ0v) is 18.0. The van der Waals surface area contributed by atoms with Crippen molar-refractivity contribution in [1.82, 2.24) is 9.97 Å². The second-order valence-corrected chi connectivity index (χ2v) is 9.20. The first-order valence-electron chi connectivity index (χ1n) is 10.2. The molecule has 0 saturated carbocycles. The lowest BCUT2D eigenvalue weighted by Crippen LogP contribution is -2.52. The molecule has 1 aliphatic carbocycles. The van der Waals surface area contributed by atoms with Crippen molar-refractivity contribution in [3.8, 4) is 5.88 Å². The summed E-state index contributed by atoms with van der Waals surface area (Å²) in [6, 6.07) is 2.78. The third-order valence-electron chi connectivity index (χ3n) is 5.64. The average molecular weight is 441 g/mol. The topological polar surface area (TPSA) is 102 Å². The summed E-state index contributed by atoms with van der Waals surface area (Å²) in [4.78, 5) is 24.9. The lowest BCUT2D eigenvalue weighted by Gasteiger charge is -2.46. The number of amides is 1. The molecule has 164 valence electrons. The largest absolute Gasteiger partial charge is 0.498 e. The summed E-state index contributed by atoms with van der Waals surface area (Å²) in [5, 5.41) is 2.13. The molecule has 1 amide bonds. The van der Waals surface area contributed by atoms with E-state index >= 15 is 0 Å². The number of ether oxygens (including phenoxy) is 1. The fourth-order valence-electron chi connectivity index (χ4n) is 3.96. The van der Waals surface area contributed by atoms with E-state index in [4.69, 9.17) is 10.5 Å². The molecule has 2 aromatic rings. The number of carbonyl (C=O) groups is 1. The Morgan fingerprint density at radius 3 is 2.59 bits per heavy atom. The second-order valence-electron chi connectivity index (χ2n) is 9.20. The Morgan fingerprint density at radius 1 is 1.25 bits per heavy atom. The van der Waals surface area contributed by atoms with Gasteiger partial charge in [0, 0.05) is 17.4 Å². The van der Waals surface area contributed by atoms with E-state index in [1.807, 2.05) is 23.5 Å². The maximum absolute atomic E-state index is 14.6. The Bertz CT molecular complexity index is 1110. The lowest BCUT2D eigenvalue weighted by atomic mass is 9.52. The van der Waals surface area contributed by atoms with Crippen LogP contribution in [0.1, 0.15) is 34.5 Å². The summed E-state index contributed by atoms with van der Waals surface area (Å²) in [5.74, 6) is -1.24. The standard InChI is InChI=1S/C19H21B3F3N5O2/c20-19(21,22)32-14-7-27-13(6-28-14)15(31)29-9-3-11-10(12(24)4-9)5-18(11)2-1-17(25,8-23)16(26)30-18/h3-4,6-7H,1-2,5,8,20-22H2,(H2,26,30)(H,29,31)/t17-,18+/m0/s1. The number of amidine groups is 1. The van der Waals surface area contributed by atoms with Crippen molar-refractivity contribution in [3.63, 3.8) is 0 Å². The minimum atomic E-state index is -2.28. The van der Waals surface area contributed by atoms with Gasteiger partial charge in [-0.05, 0) is 36.1 Å². The van der Waals surface area contributed by atoms with E-state index in [0.717, 1.165) is 0 Å². The third kappa shape index (κ3) is 3.96. The van der Waals surface area contributed by atoms with Crippen LogP contribution in [0.4, 0.5) is 18.9 Å². The predicted molar refractivity (Wildman–Crippen MR) is 121 cm³/mol. The number of benzene rings is 1. The van der Waals surface area contributed by atoms with E-state index in [-0.39, 0.29) is 36.5 Å². The zero-order chi connectivity index (χ0) is 23.3. The van der Waals surface area contributed by atoms with Gasteiger partial charge in [-0.3, -0.25) is 9.79 Å². The summed E-state index contributed by atoms with van der Waals surface area (Å²) >= 11 is 0. The van der Waals surface area contributed by atoms with Gasteiger partial charge in [-0.1, -0.05) is 0 Å². The highest BCUT2D eigenvalue weighted by atomic mass is 19.2. The number of hydrogen-bond donors (Lipinski definition) is 2.